The Morgan fingerprint density at radius 1 is 1.16 bits per heavy atom. The van der Waals surface area contributed by atoms with Crippen molar-refractivity contribution in [2.75, 3.05) is 13.1 Å². The van der Waals surface area contributed by atoms with Gasteiger partial charge in [-0.25, -0.2) is 8.42 Å². The van der Waals surface area contributed by atoms with Crippen molar-refractivity contribution in [3.8, 4) is 0 Å². The molecule has 0 aliphatic carbocycles. The molecule has 1 atom stereocenters. The second-order valence-electron chi connectivity index (χ2n) is 6.44. The second-order valence-corrected chi connectivity index (χ2v) is 8.33. The molecule has 5 nitrogen and oxygen atoms in total. The molecule has 0 aromatic heterocycles. The van der Waals surface area contributed by atoms with Crippen molar-refractivity contribution in [1.82, 2.24) is 9.21 Å². The van der Waals surface area contributed by atoms with E-state index in [4.69, 9.17) is 0 Å². The predicted octanol–water partition coefficient (Wildman–Crippen LogP) is 2.76. The van der Waals surface area contributed by atoms with E-state index in [1.54, 1.807) is 32.9 Å². The summed E-state index contributed by atoms with van der Waals surface area (Å²) in [6.07, 6.45) is -6.06. The Hall–Kier alpha value is -1.61. The van der Waals surface area contributed by atoms with Crippen LogP contribution in [-0.2, 0) is 14.8 Å². The molecule has 0 N–H and O–H groups in total. The van der Waals surface area contributed by atoms with Crippen LogP contribution in [0.5, 0.6) is 0 Å². The fourth-order valence-corrected chi connectivity index (χ4v) is 4.76. The van der Waals surface area contributed by atoms with Gasteiger partial charge in [0.15, 0.2) is 0 Å². The van der Waals surface area contributed by atoms with Crippen molar-refractivity contribution in [2.24, 2.45) is 5.92 Å². The number of aryl methyl sites for hydroxylation is 1. The Kier molecular flexibility index (Phi) is 5.48. The molecule has 25 heavy (non-hydrogen) atoms. The van der Waals surface area contributed by atoms with Crippen LogP contribution in [0.2, 0.25) is 0 Å². The first-order valence-electron chi connectivity index (χ1n) is 7.92. The number of carbonyl (C=O) groups is 1. The number of rotatable bonds is 3. The molecule has 1 aromatic rings. The Morgan fingerprint density at radius 3 is 2.20 bits per heavy atom. The van der Waals surface area contributed by atoms with E-state index < -0.39 is 34.2 Å². The summed E-state index contributed by atoms with van der Waals surface area (Å²) in [7, 11) is -4.01. The van der Waals surface area contributed by atoms with Gasteiger partial charge in [-0.1, -0.05) is 31.5 Å². The van der Waals surface area contributed by atoms with Crippen LogP contribution < -0.4 is 0 Å². The van der Waals surface area contributed by atoms with Crippen molar-refractivity contribution in [1.29, 1.82) is 0 Å². The highest BCUT2D eigenvalue weighted by molar-refractivity contribution is 7.89. The van der Waals surface area contributed by atoms with Crippen LogP contribution in [0.15, 0.2) is 29.2 Å². The highest BCUT2D eigenvalue weighted by Gasteiger charge is 2.49. The van der Waals surface area contributed by atoms with Gasteiger partial charge in [0, 0.05) is 13.1 Å². The Bertz CT molecular complexity index is 730. The van der Waals surface area contributed by atoms with Crippen molar-refractivity contribution in [2.45, 2.75) is 44.4 Å². The van der Waals surface area contributed by atoms with E-state index in [0.717, 1.165) is 9.87 Å². The fourth-order valence-electron chi connectivity index (χ4n) is 3.00. The van der Waals surface area contributed by atoms with Crippen LogP contribution in [0.3, 0.4) is 0 Å². The van der Waals surface area contributed by atoms with Gasteiger partial charge in [0.05, 0.1) is 4.90 Å². The molecule has 0 radical (unpaired) electrons. The molecule has 1 aromatic carbocycles. The molecule has 1 heterocycles. The molecule has 1 aliphatic heterocycles. The third-order valence-corrected chi connectivity index (χ3v) is 6.00. The lowest BCUT2D eigenvalue weighted by Crippen LogP contribution is -2.61. The normalized spacial score (nSPS) is 20.1. The number of sulfonamides is 1. The smallest absolute Gasteiger partial charge is 0.318 e. The maximum atomic E-state index is 12.9. The maximum absolute atomic E-state index is 12.9. The minimum Gasteiger partial charge on any atom is -0.318 e. The standard InChI is InChI=1S/C16H21F3N2O3S/c1-11(2)14-20(15(22)16(17,18)19)9-4-10-21(14)25(23,24)13-7-5-12(3)6-8-13/h5-8,11,14H,4,9-10H2,1-3H3. The van der Waals surface area contributed by atoms with Crippen LogP contribution in [-0.4, -0.2) is 49.0 Å². The van der Waals surface area contributed by atoms with Crippen LogP contribution >= 0.6 is 0 Å². The first kappa shape index (κ1) is 19.7. The summed E-state index contributed by atoms with van der Waals surface area (Å²) < 4.78 is 65.6. The maximum Gasteiger partial charge on any atom is 0.471 e. The van der Waals surface area contributed by atoms with Gasteiger partial charge in [-0.3, -0.25) is 4.79 Å². The molecule has 2 rings (SSSR count). The molecular weight excluding hydrogens is 357 g/mol. The van der Waals surface area contributed by atoms with Gasteiger partial charge in [0.25, 0.3) is 0 Å². The molecule has 9 heteroatoms. The van der Waals surface area contributed by atoms with Crippen molar-refractivity contribution < 1.29 is 26.4 Å². The Morgan fingerprint density at radius 2 is 1.72 bits per heavy atom. The third-order valence-electron chi connectivity index (χ3n) is 4.12. The number of hydrogen-bond acceptors (Lipinski definition) is 3. The lowest BCUT2D eigenvalue weighted by Gasteiger charge is -2.45. The monoisotopic (exact) mass is 378 g/mol. The van der Waals surface area contributed by atoms with E-state index in [-0.39, 0.29) is 24.4 Å². The molecule has 0 spiro atoms. The molecular formula is C16H21F3N2O3S. The van der Waals surface area contributed by atoms with E-state index >= 15 is 0 Å². The zero-order valence-electron chi connectivity index (χ0n) is 14.2. The fraction of sp³-hybridized carbons (Fsp3) is 0.562. The van der Waals surface area contributed by atoms with Gasteiger partial charge in [-0.15, -0.1) is 0 Å². The summed E-state index contributed by atoms with van der Waals surface area (Å²) in [5.41, 5.74) is 0.867. The zero-order valence-corrected chi connectivity index (χ0v) is 15.1. The van der Waals surface area contributed by atoms with Gasteiger partial charge < -0.3 is 4.90 Å². The van der Waals surface area contributed by atoms with Crippen molar-refractivity contribution in [3.05, 3.63) is 29.8 Å². The quantitative estimate of drug-likeness (QED) is 0.813. The van der Waals surface area contributed by atoms with Crippen LogP contribution in [0.1, 0.15) is 25.8 Å². The number of hydrogen-bond donors (Lipinski definition) is 0. The highest BCUT2D eigenvalue weighted by atomic mass is 32.2. The zero-order chi connectivity index (χ0) is 19.0. The second kappa shape index (κ2) is 6.95. The van der Waals surface area contributed by atoms with Crippen LogP contribution in [0, 0.1) is 12.8 Å². The van der Waals surface area contributed by atoms with E-state index in [2.05, 4.69) is 0 Å². The average Bonchev–Trinajstić information content (AvgIpc) is 2.52. The lowest BCUT2D eigenvalue weighted by molar-refractivity contribution is -0.193. The molecule has 1 aliphatic rings. The van der Waals surface area contributed by atoms with E-state index in [0.29, 0.717) is 4.90 Å². The van der Waals surface area contributed by atoms with E-state index in [1.165, 1.54) is 12.1 Å². The molecule has 0 saturated carbocycles. The molecule has 1 saturated heterocycles. The van der Waals surface area contributed by atoms with Gasteiger partial charge in [-0.2, -0.15) is 17.5 Å². The average molecular weight is 378 g/mol. The van der Waals surface area contributed by atoms with Crippen LogP contribution in [0.25, 0.3) is 0 Å². The molecule has 0 bridgehead atoms. The molecule has 140 valence electrons. The number of amides is 1. The summed E-state index contributed by atoms with van der Waals surface area (Å²) in [4.78, 5) is 12.4. The van der Waals surface area contributed by atoms with Gasteiger partial charge >= 0.3 is 12.1 Å². The number of alkyl halides is 3. The van der Waals surface area contributed by atoms with Gasteiger partial charge in [0.2, 0.25) is 10.0 Å². The van der Waals surface area contributed by atoms with E-state index in [9.17, 15) is 26.4 Å². The topological polar surface area (TPSA) is 57.7 Å². The predicted molar refractivity (Wildman–Crippen MR) is 86.1 cm³/mol. The summed E-state index contributed by atoms with van der Waals surface area (Å²) in [6.45, 7) is 4.95. The third kappa shape index (κ3) is 3.98. The van der Waals surface area contributed by atoms with Crippen LogP contribution in [0.4, 0.5) is 13.2 Å². The first-order chi connectivity index (χ1) is 11.5. The minimum absolute atomic E-state index is 0.00468. The minimum atomic E-state index is -5.04. The van der Waals surface area contributed by atoms with E-state index in [1.807, 2.05) is 0 Å². The van der Waals surface area contributed by atoms with Crippen molar-refractivity contribution in [3.63, 3.8) is 0 Å². The summed E-state index contributed by atoms with van der Waals surface area (Å²) in [5, 5.41) is 0. The summed E-state index contributed by atoms with van der Waals surface area (Å²) in [5.74, 6) is -2.50. The van der Waals surface area contributed by atoms with Crippen molar-refractivity contribution >= 4 is 15.9 Å². The number of nitrogens with zero attached hydrogens (tertiary/aromatic N) is 2. The van der Waals surface area contributed by atoms with Gasteiger partial charge in [-0.05, 0) is 31.4 Å². The largest absolute Gasteiger partial charge is 0.471 e. The first-order valence-corrected chi connectivity index (χ1v) is 9.36. The lowest BCUT2D eigenvalue weighted by atomic mass is 10.1. The van der Waals surface area contributed by atoms with Gasteiger partial charge in [0.1, 0.15) is 6.17 Å². The molecule has 1 amide bonds. The molecule has 1 unspecified atom stereocenters. The Balaban J connectivity index is 2.44. The summed E-state index contributed by atoms with van der Waals surface area (Å²) in [6, 6.07) is 6.10. The summed E-state index contributed by atoms with van der Waals surface area (Å²) >= 11 is 0. The Labute approximate surface area is 145 Å². The number of halogens is 3. The number of carbonyl (C=O) groups excluding carboxylic acids is 1. The number of benzene rings is 1. The highest BCUT2D eigenvalue weighted by Crippen LogP contribution is 2.31. The SMILES string of the molecule is Cc1ccc(S(=O)(=O)N2CCCN(C(=O)C(F)(F)F)C2C(C)C)cc1. The molecule has 1 fully saturated rings.